The Morgan fingerprint density at radius 1 is 0.750 bits per heavy atom. The Bertz CT molecular complexity index is 1090. The smallest absolute Gasteiger partial charge is 0.326 e. The van der Waals surface area contributed by atoms with E-state index in [0.29, 0.717) is 0 Å². The zero-order valence-electron chi connectivity index (χ0n) is 20.9. The molecule has 0 bridgehead atoms. The molecule has 0 spiro atoms. The van der Waals surface area contributed by atoms with Crippen molar-refractivity contribution in [2.75, 3.05) is 0 Å². The average molecular weight is 441 g/mol. The maximum atomic E-state index is 11.7. The van der Waals surface area contributed by atoms with Crippen LogP contribution >= 0.6 is 0 Å². The highest BCUT2D eigenvalue weighted by Crippen LogP contribution is 2.22. The number of rotatable bonds is 0. The summed E-state index contributed by atoms with van der Waals surface area (Å²) in [7, 11) is 0. The van der Waals surface area contributed by atoms with Crippen LogP contribution < -0.4 is 5.69 Å². The Hall–Kier alpha value is -2.82. The van der Waals surface area contributed by atoms with Crippen LogP contribution in [0, 0.1) is 0 Å². The maximum Gasteiger partial charge on any atom is 0.326 e. The lowest BCUT2D eigenvalue weighted by atomic mass is 9.96. The number of aromatic amines is 2. The number of nitrogens with one attached hydrogen (secondary N) is 2. The first-order valence-corrected chi connectivity index (χ1v) is 11.2. The van der Waals surface area contributed by atoms with Crippen LogP contribution in [0.2, 0.25) is 0 Å². The van der Waals surface area contributed by atoms with Gasteiger partial charge in [-0.1, -0.05) is 80.2 Å². The molecule has 5 heteroatoms. The summed E-state index contributed by atoms with van der Waals surface area (Å²) in [5.41, 5.74) is 3.89. The third kappa shape index (κ3) is 7.11. The Morgan fingerprint density at radius 3 is 1.75 bits per heavy atom. The van der Waals surface area contributed by atoms with Gasteiger partial charge in [-0.3, -0.25) is 4.57 Å². The molecule has 2 N–H and O–H groups in total. The number of hydrogen-bond donors (Lipinski definition) is 2. The van der Waals surface area contributed by atoms with Crippen molar-refractivity contribution < 1.29 is 0 Å². The second kappa shape index (κ2) is 12.3. The summed E-state index contributed by atoms with van der Waals surface area (Å²) in [5, 5.41) is 0. The van der Waals surface area contributed by atoms with E-state index < -0.39 is 0 Å². The molecule has 0 saturated carbocycles. The van der Waals surface area contributed by atoms with Crippen LogP contribution in [0.1, 0.15) is 82.5 Å². The van der Waals surface area contributed by atoms with Crippen molar-refractivity contribution in [3.05, 3.63) is 64.8 Å². The number of benzene rings is 2. The van der Waals surface area contributed by atoms with Gasteiger partial charge in [0.1, 0.15) is 5.82 Å². The van der Waals surface area contributed by atoms with Crippen LogP contribution in [0.25, 0.3) is 22.1 Å². The van der Waals surface area contributed by atoms with Gasteiger partial charge in [0, 0.05) is 11.0 Å². The zero-order chi connectivity index (χ0) is 23.8. The van der Waals surface area contributed by atoms with Gasteiger partial charge in [0.05, 0.1) is 22.1 Å². The van der Waals surface area contributed by atoms with E-state index in [-0.39, 0.29) is 24.1 Å². The second-order valence-corrected chi connectivity index (χ2v) is 8.81. The summed E-state index contributed by atoms with van der Waals surface area (Å²) in [6.45, 7) is 20.5. The highest BCUT2D eigenvalue weighted by molar-refractivity contribution is 5.75. The minimum absolute atomic E-state index is 0. The quantitative estimate of drug-likeness (QED) is 0.295. The number of fused-ring (bicyclic) bond motifs is 2. The third-order valence-electron chi connectivity index (χ3n) is 4.36. The highest BCUT2D eigenvalue weighted by Gasteiger charge is 2.19. The third-order valence-corrected chi connectivity index (χ3v) is 4.36. The lowest BCUT2D eigenvalue weighted by Crippen LogP contribution is -2.31. The predicted octanol–water partition coefficient (Wildman–Crippen LogP) is 7.63. The monoisotopic (exact) mass is 440 g/mol. The standard InChI is InChI=1S/C11H14N2O.C11H14N2.2C2H6.CH4/c1-11(2,3)13-9-7-5-4-6-8(9)12-10(13)14;1-11(2,3)10-12-8-6-4-5-7-9(8)13-10;2*1-2;/h4-7H,1-3H3,(H,12,14);4-7H,1-3H3,(H,12,13);2*1-2H3;1H4. The molecule has 178 valence electrons. The maximum absolute atomic E-state index is 11.7. The highest BCUT2D eigenvalue weighted by atomic mass is 16.1. The first-order valence-electron chi connectivity index (χ1n) is 11.2. The molecule has 32 heavy (non-hydrogen) atoms. The van der Waals surface area contributed by atoms with Crippen LogP contribution in [0.15, 0.2) is 53.3 Å². The SMILES string of the molecule is C.CC.CC.CC(C)(C)c1nc2ccccc2[nH]1.CC(C)(C)n1c(=O)[nH]c2ccccc21. The van der Waals surface area contributed by atoms with Gasteiger partial charge in [0.2, 0.25) is 0 Å². The van der Waals surface area contributed by atoms with Gasteiger partial charge >= 0.3 is 5.69 Å². The first kappa shape index (κ1) is 29.2. The Kier molecular flexibility index (Phi) is 11.2. The topological polar surface area (TPSA) is 66.5 Å². The number of hydrogen-bond acceptors (Lipinski definition) is 2. The van der Waals surface area contributed by atoms with Gasteiger partial charge in [0.25, 0.3) is 0 Å². The van der Waals surface area contributed by atoms with Crippen molar-refractivity contribution in [2.24, 2.45) is 0 Å². The summed E-state index contributed by atoms with van der Waals surface area (Å²) in [4.78, 5) is 22.4. The number of H-pyrrole nitrogens is 2. The Labute approximate surface area is 194 Å². The van der Waals surface area contributed by atoms with E-state index >= 15 is 0 Å². The molecule has 0 amide bonds. The van der Waals surface area contributed by atoms with Crippen molar-refractivity contribution in [1.29, 1.82) is 0 Å². The predicted molar refractivity (Wildman–Crippen MR) is 142 cm³/mol. The van der Waals surface area contributed by atoms with E-state index in [9.17, 15) is 4.79 Å². The van der Waals surface area contributed by atoms with E-state index in [0.717, 1.165) is 27.9 Å². The van der Waals surface area contributed by atoms with E-state index in [4.69, 9.17) is 0 Å². The number of para-hydroxylation sites is 4. The fourth-order valence-corrected chi connectivity index (χ4v) is 3.03. The summed E-state index contributed by atoms with van der Waals surface area (Å²) in [6, 6.07) is 15.8. The molecular formula is C27H44N4O. The lowest BCUT2D eigenvalue weighted by Gasteiger charge is -2.20. The molecule has 4 rings (SSSR count). The fourth-order valence-electron chi connectivity index (χ4n) is 3.03. The summed E-state index contributed by atoms with van der Waals surface area (Å²) >= 11 is 0. The molecule has 0 aliphatic carbocycles. The van der Waals surface area contributed by atoms with Crippen molar-refractivity contribution in [3.63, 3.8) is 0 Å². The molecule has 0 radical (unpaired) electrons. The van der Waals surface area contributed by atoms with Gasteiger partial charge in [-0.15, -0.1) is 0 Å². The van der Waals surface area contributed by atoms with E-state index in [1.165, 1.54) is 0 Å². The Morgan fingerprint density at radius 2 is 1.25 bits per heavy atom. The van der Waals surface area contributed by atoms with Crippen LogP contribution in [-0.2, 0) is 11.0 Å². The van der Waals surface area contributed by atoms with Gasteiger partial charge in [-0.25, -0.2) is 9.78 Å². The fraction of sp³-hybridized carbons (Fsp3) is 0.481. The molecule has 4 aromatic rings. The number of imidazole rings is 2. The molecule has 2 aromatic carbocycles. The lowest BCUT2D eigenvalue weighted by molar-refractivity contribution is 0.397. The molecule has 0 saturated heterocycles. The van der Waals surface area contributed by atoms with Crippen LogP contribution in [0.4, 0.5) is 0 Å². The molecule has 0 fully saturated rings. The normalized spacial score (nSPS) is 10.7. The van der Waals surface area contributed by atoms with E-state index in [1.807, 2.05) is 90.9 Å². The molecule has 5 nitrogen and oxygen atoms in total. The average Bonchev–Trinajstić information content (AvgIpc) is 3.31. The van der Waals surface area contributed by atoms with Crippen LogP contribution in [0.5, 0.6) is 0 Å². The minimum Gasteiger partial charge on any atom is -0.342 e. The van der Waals surface area contributed by atoms with Gasteiger partial charge in [0.15, 0.2) is 0 Å². The minimum atomic E-state index is -0.184. The van der Waals surface area contributed by atoms with Gasteiger partial charge < -0.3 is 9.97 Å². The first-order chi connectivity index (χ1) is 14.6. The Balaban J connectivity index is 0.000000507. The van der Waals surface area contributed by atoms with Gasteiger partial charge in [-0.2, -0.15) is 0 Å². The molecule has 0 aliphatic rings. The largest absolute Gasteiger partial charge is 0.342 e. The van der Waals surface area contributed by atoms with Gasteiger partial charge in [-0.05, 0) is 45.0 Å². The summed E-state index contributed by atoms with van der Waals surface area (Å²) in [5.74, 6) is 1.05. The number of nitrogens with zero attached hydrogens (tertiary/aromatic N) is 2. The molecular weight excluding hydrogens is 396 g/mol. The van der Waals surface area contributed by atoms with Crippen molar-refractivity contribution >= 4 is 22.1 Å². The van der Waals surface area contributed by atoms with E-state index in [2.05, 4.69) is 41.8 Å². The van der Waals surface area contributed by atoms with E-state index in [1.54, 1.807) is 4.57 Å². The molecule has 0 atom stereocenters. The zero-order valence-corrected chi connectivity index (χ0v) is 20.9. The summed E-state index contributed by atoms with van der Waals surface area (Å²) in [6.07, 6.45) is 0. The van der Waals surface area contributed by atoms with Crippen molar-refractivity contribution in [2.45, 2.75) is 87.6 Å². The van der Waals surface area contributed by atoms with Crippen LogP contribution in [-0.4, -0.2) is 19.5 Å². The number of aromatic nitrogens is 4. The second-order valence-electron chi connectivity index (χ2n) is 8.81. The molecule has 2 aromatic heterocycles. The van der Waals surface area contributed by atoms with Crippen LogP contribution in [0.3, 0.4) is 0 Å². The van der Waals surface area contributed by atoms with Crippen molar-refractivity contribution in [3.8, 4) is 0 Å². The summed E-state index contributed by atoms with van der Waals surface area (Å²) < 4.78 is 1.78. The molecule has 0 unspecified atom stereocenters. The molecule has 0 aliphatic heterocycles. The van der Waals surface area contributed by atoms with Crippen molar-refractivity contribution in [1.82, 2.24) is 19.5 Å². The molecule has 2 heterocycles.